The maximum atomic E-state index is 12.5. The molecule has 0 bridgehead atoms. The van der Waals surface area contributed by atoms with Crippen molar-refractivity contribution >= 4 is 18.0 Å². The molecule has 3 rings (SSSR count). The van der Waals surface area contributed by atoms with Gasteiger partial charge in [0.25, 0.3) is 0 Å². The van der Waals surface area contributed by atoms with Crippen molar-refractivity contribution in [3.05, 3.63) is 0 Å². The van der Waals surface area contributed by atoms with E-state index in [1.807, 2.05) is 9.80 Å². The molecule has 1 amide bonds. The highest BCUT2D eigenvalue weighted by Crippen LogP contribution is 2.17. The molecule has 3 aliphatic rings. The summed E-state index contributed by atoms with van der Waals surface area (Å²) in [5.41, 5.74) is 0. The SMILES string of the molecule is CCOC(=O)CC(C(=O)OCC)N1CCN(CC2CN(CCCN3CCN(CC)CC3)C(=O)O2)CC1. The van der Waals surface area contributed by atoms with Crippen molar-refractivity contribution < 1.29 is 28.6 Å². The Labute approximate surface area is 215 Å². The number of piperazine rings is 2. The van der Waals surface area contributed by atoms with Gasteiger partial charge in [0.1, 0.15) is 12.1 Å². The maximum absolute atomic E-state index is 12.5. The highest BCUT2D eigenvalue weighted by molar-refractivity contribution is 5.82. The number of esters is 2. The van der Waals surface area contributed by atoms with Crippen LogP contribution in [0.5, 0.6) is 0 Å². The molecule has 2 atom stereocenters. The normalized spacial score (nSPS) is 23.5. The third-order valence-corrected chi connectivity index (χ3v) is 7.30. The second kappa shape index (κ2) is 14.7. The van der Waals surface area contributed by atoms with Crippen LogP contribution in [0.3, 0.4) is 0 Å². The van der Waals surface area contributed by atoms with Crippen LogP contribution in [-0.4, -0.2) is 153 Å². The van der Waals surface area contributed by atoms with E-state index in [4.69, 9.17) is 14.2 Å². The van der Waals surface area contributed by atoms with Crippen LogP contribution in [-0.2, 0) is 23.8 Å². The van der Waals surface area contributed by atoms with E-state index >= 15 is 0 Å². The summed E-state index contributed by atoms with van der Waals surface area (Å²) in [5, 5.41) is 0. The fourth-order valence-corrected chi connectivity index (χ4v) is 5.19. The fraction of sp³-hybridized carbons (Fsp3) is 0.880. The van der Waals surface area contributed by atoms with Crippen LogP contribution in [0, 0.1) is 0 Å². The summed E-state index contributed by atoms with van der Waals surface area (Å²) < 4.78 is 15.9. The molecule has 3 heterocycles. The lowest BCUT2D eigenvalue weighted by Gasteiger charge is -2.38. The number of ether oxygens (including phenoxy) is 3. The van der Waals surface area contributed by atoms with E-state index in [1.165, 1.54) is 0 Å². The van der Waals surface area contributed by atoms with Crippen LogP contribution in [0.4, 0.5) is 4.79 Å². The zero-order chi connectivity index (χ0) is 25.9. The predicted molar refractivity (Wildman–Crippen MR) is 135 cm³/mol. The highest BCUT2D eigenvalue weighted by Gasteiger charge is 2.35. The number of carbonyl (C=O) groups excluding carboxylic acids is 3. The molecule has 0 aromatic heterocycles. The zero-order valence-electron chi connectivity index (χ0n) is 22.4. The summed E-state index contributed by atoms with van der Waals surface area (Å²) in [6.07, 6.45) is 0.599. The van der Waals surface area contributed by atoms with Crippen molar-refractivity contribution in [2.75, 3.05) is 98.3 Å². The molecule has 0 radical (unpaired) electrons. The Hall–Kier alpha value is -1.95. The lowest BCUT2D eigenvalue weighted by Crippen LogP contribution is -2.54. The van der Waals surface area contributed by atoms with E-state index < -0.39 is 6.04 Å². The van der Waals surface area contributed by atoms with Gasteiger partial charge in [0.15, 0.2) is 0 Å². The van der Waals surface area contributed by atoms with E-state index in [0.29, 0.717) is 26.2 Å². The molecule has 0 saturated carbocycles. The summed E-state index contributed by atoms with van der Waals surface area (Å²) in [6, 6.07) is -0.629. The number of rotatable bonds is 13. The highest BCUT2D eigenvalue weighted by atomic mass is 16.6. The second-order valence-electron chi connectivity index (χ2n) is 9.69. The minimum atomic E-state index is -0.629. The van der Waals surface area contributed by atoms with Gasteiger partial charge in [0, 0.05) is 65.4 Å². The van der Waals surface area contributed by atoms with Crippen LogP contribution < -0.4 is 0 Å². The molecule has 36 heavy (non-hydrogen) atoms. The van der Waals surface area contributed by atoms with E-state index in [0.717, 1.165) is 65.3 Å². The van der Waals surface area contributed by atoms with E-state index in [9.17, 15) is 14.4 Å². The van der Waals surface area contributed by atoms with Gasteiger partial charge in [-0.05, 0) is 33.4 Å². The molecule has 2 unspecified atom stereocenters. The maximum Gasteiger partial charge on any atom is 0.410 e. The summed E-state index contributed by atoms with van der Waals surface area (Å²) in [7, 11) is 0. The Bertz CT molecular complexity index is 709. The number of hydrogen-bond donors (Lipinski definition) is 0. The molecule has 11 nitrogen and oxygen atoms in total. The lowest BCUT2D eigenvalue weighted by atomic mass is 10.1. The van der Waals surface area contributed by atoms with Crippen LogP contribution >= 0.6 is 0 Å². The number of carbonyl (C=O) groups is 3. The number of hydrogen-bond acceptors (Lipinski definition) is 10. The first-order valence-electron chi connectivity index (χ1n) is 13.6. The van der Waals surface area contributed by atoms with Crippen molar-refractivity contribution in [2.45, 2.75) is 45.8 Å². The summed E-state index contributed by atoms with van der Waals surface area (Å²) in [5.74, 6) is -0.772. The Kier molecular flexibility index (Phi) is 11.7. The van der Waals surface area contributed by atoms with E-state index in [-0.39, 0.29) is 43.8 Å². The zero-order valence-corrected chi connectivity index (χ0v) is 22.4. The Morgan fingerprint density at radius 2 is 1.53 bits per heavy atom. The van der Waals surface area contributed by atoms with E-state index in [1.54, 1.807) is 13.8 Å². The van der Waals surface area contributed by atoms with Crippen molar-refractivity contribution in [1.29, 1.82) is 0 Å². The van der Waals surface area contributed by atoms with Gasteiger partial charge in [0.2, 0.25) is 0 Å². The van der Waals surface area contributed by atoms with Crippen molar-refractivity contribution in [3.8, 4) is 0 Å². The largest absolute Gasteiger partial charge is 0.466 e. The number of likely N-dealkylation sites (N-methyl/N-ethyl adjacent to an activating group) is 1. The molecule has 3 saturated heterocycles. The lowest BCUT2D eigenvalue weighted by molar-refractivity contribution is -0.157. The van der Waals surface area contributed by atoms with Crippen LogP contribution in [0.15, 0.2) is 0 Å². The first-order valence-corrected chi connectivity index (χ1v) is 13.6. The number of cyclic esters (lactones) is 1. The quantitative estimate of drug-likeness (QED) is 0.254. The average molecular weight is 512 g/mol. The summed E-state index contributed by atoms with van der Waals surface area (Å²) >= 11 is 0. The Morgan fingerprint density at radius 3 is 2.17 bits per heavy atom. The molecule has 11 heteroatoms. The minimum absolute atomic E-state index is 0.00381. The van der Waals surface area contributed by atoms with Gasteiger partial charge < -0.3 is 28.9 Å². The van der Waals surface area contributed by atoms with Gasteiger partial charge in [-0.25, -0.2) is 4.79 Å². The third-order valence-electron chi connectivity index (χ3n) is 7.30. The molecule has 3 fully saturated rings. The van der Waals surface area contributed by atoms with Gasteiger partial charge in [-0.3, -0.25) is 19.4 Å². The van der Waals surface area contributed by atoms with Crippen LogP contribution in [0.1, 0.15) is 33.6 Å². The molecule has 206 valence electrons. The first-order chi connectivity index (χ1) is 17.4. The average Bonchev–Trinajstić information content (AvgIpc) is 3.22. The van der Waals surface area contributed by atoms with Crippen LogP contribution in [0.25, 0.3) is 0 Å². The molecule has 0 aliphatic carbocycles. The molecule has 0 aromatic rings. The van der Waals surface area contributed by atoms with Crippen LogP contribution in [0.2, 0.25) is 0 Å². The number of nitrogens with zero attached hydrogens (tertiary/aromatic N) is 5. The number of amides is 1. The summed E-state index contributed by atoms with van der Waals surface area (Å²) in [6.45, 7) is 17.6. The van der Waals surface area contributed by atoms with Crippen molar-refractivity contribution in [3.63, 3.8) is 0 Å². The Balaban J connectivity index is 1.37. The van der Waals surface area contributed by atoms with Crippen molar-refractivity contribution in [2.24, 2.45) is 0 Å². The second-order valence-corrected chi connectivity index (χ2v) is 9.69. The molecule has 3 aliphatic heterocycles. The topological polar surface area (TPSA) is 95.1 Å². The summed E-state index contributed by atoms with van der Waals surface area (Å²) in [4.78, 5) is 47.9. The van der Waals surface area contributed by atoms with Gasteiger partial charge in [-0.2, -0.15) is 0 Å². The van der Waals surface area contributed by atoms with Gasteiger partial charge in [-0.15, -0.1) is 0 Å². The van der Waals surface area contributed by atoms with Gasteiger partial charge >= 0.3 is 18.0 Å². The molecular weight excluding hydrogens is 466 g/mol. The Morgan fingerprint density at radius 1 is 0.889 bits per heavy atom. The minimum Gasteiger partial charge on any atom is -0.466 e. The molecular formula is C25H45N5O6. The standard InChI is InChI=1S/C25H45N5O6/c1-4-26-10-12-27(13-11-26)8-7-9-30-20-21(36-25(30)33)19-28-14-16-29(17-15-28)22(24(32)35-6-3)18-23(31)34-5-2/h21-22H,4-20H2,1-3H3. The van der Waals surface area contributed by atoms with E-state index in [2.05, 4.69) is 21.6 Å². The molecule has 0 aromatic carbocycles. The fourth-order valence-electron chi connectivity index (χ4n) is 5.19. The van der Waals surface area contributed by atoms with Gasteiger partial charge in [-0.1, -0.05) is 6.92 Å². The molecule has 0 N–H and O–H groups in total. The molecule has 0 spiro atoms. The smallest absolute Gasteiger partial charge is 0.410 e. The van der Waals surface area contributed by atoms with Crippen molar-refractivity contribution in [1.82, 2.24) is 24.5 Å². The third kappa shape index (κ3) is 8.57. The predicted octanol–water partition coefficient (Wildman–Crippen LogP) is 0.337. The monoisotopic (exact) mass is 511 g/mol. The van der Waals surface area contributed by atoms with Gasteiger partial charge in [0.05, 0.1) is 26.2 Å². The first kappa shape index (κ1) is 28.6.